The quantitative estimate of drug-likeness (QED) is 0.284. The highest BCUT2D eigenvalue weighted by Gasteiger charge is 2.11. The van der Waals surface area contributed by atoms with E-state index in [0.717, 1.165) is 32.5 Å². The molecule has 2 amide bonds. The van der Waals surface area contributed by atoms with Gasteiger partial charge >= 0.3 is 11.8 Å². The maximum Gasteiger partial charge on any atom is 0.329 e. The Morgan fingerprint density at radius 3 is 2.63 bits per heavy atom. The molecule has 0 spiro atoms. The Kier molecular flexibility index (Phi) is 7.31. The summed E-state index contributed by atoms with van der Waals surface area (Å²) in [5.41, 5.74) is 7.02. The molecule has 3 N–H and O–H groups in total. The number of carbonyl (C=O) groups is 2. The van der Waals surface area contributed by atoms with Crippen LogP contribution in [0.1, 0.15) is 16.7 Å². The van der Waals surface area contributed by atoms with Gasteiger partial charge in [-0.2, -0.15) is 5.10 Å². The first-order valence-corrected chi connectivity index (χ1v) is 9.06. The minimum atomic E-state index is -0.841. The van der Waals surface area contributed by atoms with E-state index in [1.165, 1.54) is 12.3 Å². The summed E-state index contributed by atoms with van der Waals surface area (Å²) in [6.45, 7) is 7.74. The molecular formula is C20H21BrN4O2. The Balaban J connectivity index is 2.16. The van der Waals surface area contributed by atoms with Gasteiger partial charge < -0.3 is 10.6 Å². The van der Waals surface area contributed by atoms with Crippen LogP contribution in [0.15, 0.2) is 58.6 Å². The van der Waals surface area contributed by atoms with Crippen molar-refractivity contribution in [2.24, 2.45) is 5.10 Å². The number of aryl methyl sites for hydroxylation is 2. The lowest BCUT2D eigenvalue weighted by atomic mass is 10.1. The van der Waals surface area contributed by atoms with Crippen LogP contribution in [0.5, 0.6) is 0 Å². The largest absolute Gasteiger partial charge is 0.355 e. The van der Waals surface area contributed by atoms with Crippen LogP contribution in [-0.4, -0.2) is 24.6 Å². The summed E-state index contributed by atoms with van der Waals surface area (Å²) in [4.78, 5) is 23.2. The van der Waals surface area contributed by atoms with E-state index in [1.807, 2.05) is 38.1 Å². The van der Waals surface area contributed by atoms with E-state index in [1.54, 1.807) is 0 Å². The number of nitrogens with one attached hydrogen (secondary N) is 3. The number of hydrazone groups is 1. The second-order valence-electron chi connectivity index (χ2n) is 5.87. The number of amides is 2. The van der Waals surface area contributed by atoms with Gasteiger partial charge in [-0.1, -0.05) is 34.1 Å². The van der Waals surface area contributed by atoms with Gasteiger partial charge in [0.15, 0.2) is 0 Å². The first kappa shape index (κ1) is 20.4. The number of rotatable bonds is 6. The standard InChI is InChI=1S/C20H21BrN4O2/c1-4-9-22-19(26)20(27)25-23-12-15-11-16(21)7-8-17(15)24-18-10-13(2)5-6-14(18)3/h4-8,10-12,24H,1,9H2,2-3H3,(H,22,26)(H,25,27)/b23-12-. The number of carbonyl (C=O) groups excluding carboxylic acids is 2. The van der Waals surface area contributed by atoms with E-state index in [0.29, 0.717) is 0 Å². The van der Waals surface area contributed by atoms with E-state index < -0.39 is 11.8 Å². The average Bonchev–Trinajstić information content (AvgIpc) is 2.64. The number of hydrogen-bond acceptors (Lipinski definition) is 4. The molecule has 0 aliphatic heterocycles. The fourth-order valence-electron chi connectivity index (χ4n) is 2.23. The molecule has 27 heavy (non-hydrogen) atoms. The maximum absolute atomic E-state index is 11.7. The fraction of sp³-hybridized carbons (Fsp3) is 0.150. The topological polar surface area (TPSA) is 82.6 Å². The lowest BCUT2D eigenvalue weighted by molar-refractivity contribution is -0.139. The second kappa shape index (κ2) is 9.68. The smallest absolute Gasteiger partial charge is 0.329 e. The zero-order valence-corrected chi connectivity index (χ0v) is 16.8. The molecule has 0 fully saturated rings. The van der Waals surface area contributed by atoms with Gasteiger partial charge in [0.25, 0.3) is 0 Å². The van der Waals surface area contributed by atoms with Gasteiger partial charge in [0.2, 0.25) is 0 Å². The monoisotopic (exact) mass is 428 g/mol. The van der Waals surface area contributed by atoms with Crippen molar-refractivity contribution in [3.63, 3.8) is 0 Å². The molecule has 0 saturated carbocycles. The van der Waals surface area contributed by atoms with Crippen molar-refractivity contribution in [2.45, 2.75) is 13.8 Å². The fourth-order valence-corrected chi connectivity index (χ4v) is 2.60. The lowest BCUT2D eigenvalue weighted by Gasteiger charge is -2.13. The van der Waals surface area contributed by atoms with Crippen LogP contribution in [0.4, 0.5) is 11.4 Å². The molecule has 0 saturated heterocycles. The van der Waals surface area contributed by atoms with E-state index >= 15 is 0 Å². The SMILES string of the molecule is C=CCNC(=O)C(=O)N/N=C\c1cc(Br)ccc1Nc1cc(C)ccc1C. The molecule has 6 nitrogen and oxygen atoms in total. The number of nitrogens with zero attached hydrogens (tertiary/aromatic N) is 1. The van der Waals surface area contributed by atoms with Crippen molar-refractivity contribution >= 4 is 45.3 Å². The molecule has 2 aromatic rings. The van der Waals surface area contributed by atoms with Gasteiger partial charge in [-0.05, 0) is 49.2 Å². The van der Waals surface area contributed by atoms with E-state index in [2.05, 4.69) is 55.8 Å². The van der Waals surface area contributed by atoms with Crippen LogP contribution in [0.3, 0.4) is 0 Å². The molecule has 140 valence electrons. The van der Waals surface area contributed by atoms with Crippen LogP contribution in [0.25, 0.3) is 0 Å². The van der Waals surface area contributed by atoms with Crippen molar-refractivity contribution in [3.05, 3.63) is 70.2 Å². The second-order valence-corrected chi connectivity index (χ2v) is 6.79. The Hall–Kier alpha value is -2.93. The minimum Gasteiger partial charge on any atom is -0.355 e. The Morgan fingerprint density at radius 1 is 1.11 bits per heavy atom. The molecule has 7 heteroatoms. The number of benzene rings is 2. The summed E-state index contributed by atoms with van der Waals surface area (Å²) in [5.74, 6) is -1.61. The van der Waals surface area contributed by atoms with Gasteiger partial charge in [0.05, 0.1) is 6.21 Å². The highest BCUT2D eigenvalue weighted by molar-refractivity contribution is 9.10. The van der Waals surface area contributed by atoms with E-state index in [4.69, 9.17) is 0 Å². The number of halogens is 1. The highest BCUT2D eigenvalue weighted by Crippen LogP contribution is 2.26. The van der Waals surface area contributed by atoms with Crippen LogP contribution in [0.2, 0.25) is 0 Å². The van der Waals surface area contributed by atoms with Crippen LogP contribution >= 0.6 is 15.9 Å². The normalized spacial score (nSPS) is 10.5. The van der Waals surface area contributed by atoms with Crippen molar-refractivity contribution in [2.75, 3.05) is 11.9 Å². The summed E-state index contributed by atoms with van der Waals surface area (Å²) >= 11 is 3.43. The summed E-state index contributed by atoms with van der Waals surface area (Å²) in [5, 5.41) is 9.65. The molecule has 0 aliphatic rings. The molecule has 0 bridgehead atoms. The van der Waals surface area contributed by atoms with Crippen molar-refractivity contribution in [3.8, 4) is 0 Å². The predicted molar refractivity (Wildman–Crippen MR) is 112 cm³/mol. The van der Waals surface area contributed by atoms with Crippen LogP contribution < -0.4 is 16.1 Å². The van der Waals surface area contributed by atoms with Gasteiger partial charge in [-0.15, -0.1) is 6.58 Å². The number of anilines is 2. The molecule has 0 heterocycles. The number of hydrogen-bond donors (Lipinski definition) is 3. The molecule has 0 radical (unpaired) electrons. The predicted octanol–water partition coefficient (Wildman–Crippen LogP) is 3.56. The third-order valence-electron chi connectivity index (χ3n) is 3.66. The Bertz CT molecular complexity index is 894. The zero-order chi connectivity index (χ0) is 19.8. The Morgan fingerprint density at radius 2 is 1.89 bits per heavy atom. The molecule has 0 atom stereocenters. The minimum absolute atomic E-state index is 0.214. The van der Waals surface area contributed by atoms with Gasteiger partial charge in [-0.25, -0.2) is 5.43 Å². The van der Waals surface area contributed by atoms with Gasteiger partial charge in [0.1, 0.15) is 0 Å². The third-order valence-corrected chi connectivity index (χ3v) is 4.15. The van der Waals surface area contributed by atoms with Crippen LogP contribution in [-0.2, 0) is 9.59 Å². The molecule has 0 aliphatic carbocycles. The summed E-state index contributed by atoms with van der Waals surface area (Å²) < 4.78 is 0.866. The third kappa shape index (κ3) is 6.07. The zero-order valence-electron chi connectivity index (χ0n) is 15.2. The Labute approximate surface area is 166 Å². The molecule has 0 aromatic heterocycles. The van der Waals surface area contributed by atoms with Gasteiger partial charge in [0, 0.05) is 28.0 Å². The lowest BCUT2D eigenvalue weighted by Crippen LogP contribution is -2.37. The van der Waals surface area contributed by atoms with E-state index in [9.17, 15) is 9.59 Å². The van der Waals surface area contributed by atoms with Crippen LogP contribution in [0, 0.1) is 13.8 Å². The van der Waals surface area contributed by atoms with Crippen molar-refractivity contribution in [1.82, 2.24) is 10.7 Å². The summed E-state index contributed by atoms with van der Waals surface area (Å²) in [6, 6.07) is 11.8. The summed E-state index contributed by atoms with van der Waals surface area (Å²) in [7, 11) is 0. The first-order valence-electron chi connectivity index (χ1n) is 8.26. The average molecular weight is 429 g/mol. The van der Waals surface area contributed by atoms with Crippen molar-refractivity contribution < 1.29 is 9.59 Å². The van der Waals surface area contributed by atoms with Crippen molar-refractivity contribution in [1.29, 1.82) is 0 Å². The molecule has 0 unspecified atom stereocenters. The van der Waals surface area contributed by atoms with E-state index in [-0.39, 0.29) is 6.54 Å². The van der Waals surface area contributed by atoms with Gasteiger partial charge in [-0.3, -0.25) is 9.59 Å². The summed E-state index contributed by atoms with van der Waals surface area (Å²) in [6.07, 6.45) is 2.97. The maximum atomic E-state index is 11.7. The first-order chi connectivity index (χ1) is 12.9. The molecule has 2 aromatic carbocycles. The highest BCUT2D eigenvalue weighted by atomic mass is 79.9. The molecule has 2 rings (SSSR count). The molecular weight excluding hydrogens is 408 g/mol.